The highest BCUT2D eigenvalue weighted by molar-refractivity contribution is 5.70. The fourth-order valence-electron chi connectivity index (χ4n) is 3.43. The Kier molecular flexibility index (Phi) is 5.55. The van der Waals surface area contributed by atoms with Crippen LogP contribution in [0.5, 0.6) is 5.75 Å². The standard InChI is InChI=1S/C19H27NO3/c1-22-19(21)13-18(14-7-8-14)15-4-2-5-17(12-15)23-16-6-3-10-20-11-9-16/h2,4-5,12,14,16,18,20H,3,6-11,13H2,1H3. The molecule has 1 aliphatic carbocycles. The molecule has 0 bridgehead atoms. The van der Waals surface area contributed by atoms with E-state index in [9.17, 15) is 4.79 Å². The van der Waals surface area contributed by atoms with Gasteiger partial charge in [-0.1, -0.05) is 12.1 Å². The third-order valence-electron chi connectivity index (χ3n) is 4.92. The minimum Gasteiger partial charge on any atom is -0.490 e. The lowest BCUT2D eigenvalue weighted by atomic mass is 9.91. The van der Waals surface area contributed by atoms with E-state index in [0.29, 0.717) is 18.4 Å². The van der Waals surface area contributed by atoms with Gasteiger partial charge < -0.3 is 14.8 Å². The van der Waals surface area contributed by atoms with E-state index in [4.69, 9.17) is 9.47 Å². The van der Waals surface area contributed by atoms with Crippen LogP contribution in [0.4, 0.5) is 0 Å². The zero-order chi connectivity index (χ0) is 16.1. The van der Waals surface area contributed by atoms with Crippen LogP contribution in [-0.2, 0) is 9.53 Å². The lowest BCUT2D eigenvalue weighted by Gasteiger charge is -2.20. The number of esters is 1. The van der Waals surface area contributed by atoms with Crippen LogP contribution in [0.25, 0.3) is 0 Å². The third kappa shape index (κ3) is 4.71. The SMILES string of the molecule is COC(=O)CC(c1cccc(OC2CCCNCC2)c1)C1CC1. The van der Waals surface area contributed by atoms with Gasteiger partial charge in [0.25, 0.3) is 0 Å². The summed E-state index contributed by atoms with van der Waals surface area (Å²) < 4.78 is 11.1. The number of rotatable bonds is 6. The van der Waals surface area contributed by atoms with Crippen molar-refractivity contribution in [3.8, 4) is 5.75 Å². The molecular weight excluding hydrogens is 290 g/mol. The molecule has 1 N–H and O–H groups in total. The number of hydrogen-bond donors (Lipinski definition) is 1. The van der Waals surface area contributed by atoms with E-state index in [1.54, 1.807) is 0 Å². The number of nitrogens with one attached hydrogen (secondary N) is 1. The Hall–Kier alpha value is -1.55. The third-order valence-corrected chi connectivity index (χ3v) is 4.92. The summed E-state index contributed by atoms with van der Waals surface area (Å²) in [4.78, 5) is 11.7. The summed E-state index contributed by atoms with van der Waals surface area (Å²) >= 11 is 0. The van der Waals surface area contributed by atoms with Crippen LogP contribution in [-0.4, -0.2) is 32.3 Å². The second-order valence-corrected chi connectivity index (χ2v) is 6.72. The normalized spacial score (nSPS) is 22.9. The lowest BCUT2D eigenvalue weighted by Crippen LogP contribution is -2.19. The topological polar surface area (TPSA) is 47.6 Å². The molecule has 3 rings (SSSR count). The van der Waals surface area contributed by atoms with Crippen LogP contribution in [0.15, 0.2) is 24.3 Å². The van der Waals surface area contributed by atoms with Gasteiger partial charge in [-0.15, -0.1) is 0 Å². The molecule has 2 atom stereocenters. The van der Waals surface area contributed by atoms with Crippen molar-refractivity contribution in [3.05, 3.63) is 29.8 Å². The van der Waals surface area contributed by atoms with Gasteiger partial charge in [-0.2, -0.15) is 0 Å². The molecule has 2 aliphatic rings. The maximum absolute atomic E-state index is 11.7. The van der Waals surface area contributed by atoms with Crippen molar-refractivity contribution in [1.29, 1.82) is 0 Å². The summed E-state index contributed by atoms with van der Waals surface area (Å²) in [5.41, 5.74) is 1.21. The monoisotopic (exact) mass is 317 g/mol. The number of methoxy groups -OCH3 is 1. The summed E-state index contributed by atoms with van der Waals surface area (Å²) in [5.74, 6) is 1.70. The number of carbonyl (C=O) groups excluding carboxylic acids is 1. The smallest absolute Gasteiger partial charge is 0.306 e. The molecule has 4 nitrogen and oxygen atoms in total. The van der Waals surface area contributed by atoms with Gasteiger partial charge in [-0.05, 0) is 74.7 Å². The zero-order valence-electron chi connectivity index (χ0n) is 13.9. The Balaban J connectivity index is 1.68. The van der Waals surface area contributed by atoms with Crippen molar-refractivity contribution in [3.63, 3.8) is 0 Å². The van der Waals surface area contributed by atoms with E-state index in [0.717, 1.165) is 38.1 Å². The number of carbonyl (C=O) groups is 1. The quantitative estimate of drug-likeness (QED) is 0.818. The molecule has 126 valence electrons. The van der Waals surface area contributed by atoms with Crippen molar-refractivity contribution in [2.24, 2.45) is 5.92 Å². The molecule has 1 saturated carbocycles. The minimum absolute atomic E-state index is 0.122. The average molecular weight is 317 g/mol. The van der Waals surface area contributed by atoms with Gasteiger partial charge in [0.1, 0.15) is 5.75 Å². The van der Waals surface area contributed by atoms with Crippen molar-refractivity contribution in [1.82, 2.24) is 5.32 Å². The van der Waals surface area contributed by atoms with Gasteiger partial charge in [0, 0.05) is 0 Å². The van der Waals surface area contributed by atoms with Crippen molar-refractivity contribution in [2.45, 2.75) is 50.5 Å². The van der Waals surface area contributed by atoms with E-state index in [1.165, 1.54) is 25.5 Å². The average Bonchev–Trinajstić information content (AvgIpc) is 3.40. The van der Waals surface area contributed by atoms with E-state index < -0.39 is 0 Å². The molecular formula is C19H27NO3. The second kappa shape index (κ2) is 7.82. The molecule has 0 aromatic heterocycles. The predicted molar refractivity (Wildman–Crippen MR) is 89.7 cm³/mol. The molecule has 1 heterocycles. The van der Waals surface area contributed by atoms with Gasteiger partial charge in [0.05, 0.1) is 19.6 Å². The van der Waals surface area contributed by atoms with Crippen molar-refractivity contribution >= 4 is 5.97 Å². The van der Waals surface area contributed by atoms with Gasteiger partial charge in [0.2, 0.25) is 0 Å². The molecule has 1 aromatic rings. The second-order valence-electron chi connectivity index (χ2n) is 6.72. The summed E-state index contributed by atoms with van der Waals surface area (Å²) in [6.45, 7) is 2.11. The van der Waals surface area contributed by atoms with E-state index in [-0.39, 0.29) is 11.9 Å². The summed E-state index contributed by atoms with van der Waals surface area (Å²) in [5, 5.41) is 3.41. The van der Waals surface area contributed by atoms with Crippen LogP contribution in [0.2, 0.25) is 0 Å². The number of ether oxygens (including phenoxy) is 2. The van der Waals surface area contributed by atoms with Crippen LogP contribution in [0.3, 0.4) is 0 Å². The summed E-state index contributed by atoms with van der Waals surface area (Å²) in [6, 6.07) is 8.33. The first-order valence-corrected chi connectivity index (χ1v) is 8.80. The fraction of sp³-hybridized carbons (Fsp3) is 0.632. The van der Waals surface area contributed by atoms with Gasteiger partial charge in [-0.3, -0.25) is 4.79 Å². The number of hydrogen-bond acceptors (Lipinski definition) is 4. The highest BCUT2D eigenvalue weighted by Crippen LogP contribution is 2.45. The first-order chi connectivity index (χ1) is 11.3. The van der Waals surface area contributed by atoms with Gasteiger partial charge >= 0.3 is 5.97 Å². The largest absolute Gasteiger partial charge is 0.490 e. The molecule has 0 amide bonds. The van der Waals surface area contributed by atoms with Gasteiger partial charge in [0.15, 0.2) is 0 Å². The van der Waals surface area contributed by atoms with Crippen LogP contribution >= 0.6 is 0 Å². The molecule has 23 heavy (non-hydrogen) atoms. The molecule has 2 fully saturated rings. The molecule has 1 aliphatic heterocycles. The predicted octanol–water partition coefficient (Wildman–Crippen LogP) is 3.26. The zero-order valence-corrected chi connectivity index (χ0v) is 13.9. The Labute approximate surface area is 138 Å². The Morgan fingerprint density at radius 3 is 2.91 bits per heavy atom. The molecule has 2 unspecified atom stereocenters. The van der Waals surface area contributed by atoms with Crippen molar-refractivity contribution in [2.75, 3.05) is 20.2 Å². The Morgan fingerprint density at radius 1 is 1.26 bits per heavy atom. The molecule has 0 radical (unpaired) electrons. The highest BCUT2D eigenvalue weighted by atomic mass is 16.5. The van der Waals surface area contributed by atoms with Gasteiger partial charge in [-0.25, -0.2) is 0 Å². The van der Waals surface area contributed by atoms with Crippen LogP contribution < -0.4 is 10.1 Å². The first-order valence-electron chi connectivity index (χ1n) is 8.80. The minimum atomic E-state index is -0.122. The lowest BCUT2D eigenvalue weighted by molar-refractivity contribution is -0.141. The molecule has 1 saturated heterocycles. The summed E-state index contributed by atoms with van der Waals surface area (Å²) in [7, 11) is 1.46. The van der Waals surface area contributed by atoms with E-state index in [1.807, 2.05) is 12.1 Å². The van der Waals surface area contributed by atoms with E-state index >= 15 is 0 Å². The van der Waals surface area contributed by atoms with Crippen LogP contribution in [0.1, 0.15) is 50.0 Å². The maximum atomic E-state index is 11.7. The molecule has 1 aromatic carbocycles. The van der Waals surface area contributed by atoms with E-state index in [2.05, 4.69) is 17.4 Å². The Bertz CT molecular complexity index is 519. The molecule has 0 spiro atoms. The maximum Gasteiger partial charge on any atom is 0.306 e. The number of benzene rings is 1. The first kappa shape index (κ1) is 16.3. The summed E-state index contributed by atoms with van der Waals surface area (Å²) in [6.07, 6.45) is 6.50. The fourth-order valence-corrected chi connectivity index (χ4v) is 3.43. The van der Waals surface area contributed by atoms with Crippen LogP contribution in [0, 0.1) is 5.92 Å². The van der Waals surface area contributed by atoms with Crippen molar-refractivity contribution < 1.29 is 14.3 Å². The molecule has 4 heteroatoms. The highest BCUT2D eigenvalue weighted by Gasteiger charge is 2.34. The Morgan fingerprint density at radius 2 is 2.13 bits per heavy atom.